The number of hydrogen-bond acceptors (Lipinski definition) is 3. The standard InChI is InChI=1S/C27H44O3/c1-19(2)9-8-10-20(3)23-17-24(29)26-22(14-16-28)25(13-15-27(23,26)4)30-18-21-11-6-5-7-12-21/h5-7,11-12,19-20,22-26,28-29H,8-10,13-18H2,1-4H3/t20-,22-,23-,24+,25-,26+,27-/m1/s1. The van der Waals surface area contributed by atoms with E-state index >= 15 is 0 Å². The molecule has 3 rings (SSSR count). The summed E-state index contributed by atoms with van der Waals surface area (Å²) in [5.41, 5.74) is 1.35. The van der Waals surface area contributed by atoms with Crippen LogP contribution in [0.15, 0.2) is 30.3 Å². The minimum Gasteiger partial charge on any atom is -0.396 e. The number of hydrogen-bond donors (Lipinski definition) is 2. The van der Waals surface area contributed by atoms with Crippen molar-refractivity contribution < 1.29 is 14.9 Å². The summed E-state index contributed by atoms with van der Waals surface area (Å²) in [6.07, 6.45) is 7.49. The fraction of sp³-hybridized carbons (Fsp3) is 0.778. The van der Waals surface area contributed by atoms with Gasteiger partial charge in [0.25, 0.3) is 0 Å². The number of rotatable bonds is 10. The maximum atomic E-state index is 11.2. The minimum atomic E-state index is -0.271. The Morgan fingerprint density at radius 1 is 1.13 bits per heavy atom. The Morgan fingerprint density at radius 3 is 2.53 bits per heavy atom. The normalized spacial score (nSPS) is 34.8. The van der Waals surface area contributed by atoms with Crippen molar-refractivity contribution in [2.75, 3.05) is 6.61 Å². The topological polar surface area (TPSA) is 49.7 Å². The first-order valence-electron chi connectivity index (χ1n) is 12.3. The molecule has 0 spiro atoms. The van der Waals surface area contributed by atoms with Gasteiger partial charge in [0, 0.05) is 6.61 Å². The molecule has 0 radical (unpaired) electrons. The van der Waals surface area contributed by atoms with Gasteiger partial charge in [-0.05, 0) is 66.3 Å². The predicted octanol–water partition coefficient (Wildman–Crippen LogP) is 5.83. The molecular formula is C27H44O3. The Bertz CT molecular complexity index is 630. The van der Waals surface area contributed by atoms with Crippen LogP contribution in [0, 0.1) is 35.0 Å². The van der Waals surface area contributed by atoms with Crippen molar-refractivity contribution in [3.63, 3.8) is 0 Å². The lowest BCUT2D eigenvalue weighted by Crippen LogP contribution is -2.48. The summed E-state index contributed by atoms with van der Waals surface area (Å²) in [7, 11) is 0. The van der Waals surface area contributed by atoms with Crippen LogP contribution in [0.25, 0.3) is 0 Å². The maximum absolute atomic E-state index is 11.2. The van der Waals surface area contributed by atoms with Crippen LogP contribution in [-0.4, -0.2) is 29.0 Å². The Hall–Kier alpha value is -0.900. The molecule has 2 aliphatic carbocycles. The Morgan fingerprint density at radius 2 is 1.87 bits per heavy atom. The zero-order chi connectivity index (χ0) is 21.7. The number of benzene rings is 1. The molecule has 1 aromatic rings. The lowest BCUT2D eigenvalue weighted by atomic mass is 9.57. The highest BCUT2D eigenvalue weighted by Gasteiger charge is 2.58. The van der Waals surface area contributed by atoms with Crippen LogP contribution in [0.1, 0.15) is 78.2 Å². The van der Waals surface area contributed by atoms with Gasteiger partial charge in [-0.15, -0.1) is 0 Å². The minimum absolute atomic E-state index is 0.125. The quantitative estimate of drug-likeness (QED) is 0.504. The van der Waals surface area contributed by atoms with Gasteiger partial charge in [0.1, 0.15) is 0 Å². The van der Waals surface area contributed by atoms with E-state index in [1.165, 1.54) is 24.8 Å². The molecule has 170 valence electrons. The van der Waals surface area contributed by atoms with Crippen molar-refractivity contribution in [2.45, 2.75) is 91.5 Å². The molecule has 2 fully saturated rings. The first kappa shape index (κ1) is 23.8. The van der Waals surface area contributed by atoms with Gasteiger partial charge in [-0.1, -0.05) is 77.3 Å². The van der Waals surface area contributed by atoms with E-state index in [9.17, 15) is 10.2 Å². The molecule has 2 aliphatic rings. The van der Waals surface area contributed by atoms with Crippen molar-refractivity contribution in [3.8, 4) is 0 Å². The molecule has 0 aromatic heterocycles. The molecule has 1 aromatic carbocycles. The van der Waals surface area contributed by atoms with E-state index in [0.29, 0.717) is 18.4 Å². The summed E-state index contributed by atoms with van der Waals surface area (Å²) in [4.78, 5) is 0. The van der Waals surface area contributed by atoms with Gasteiger partial charge >= 0.3 is 0 Å². The molecule has 0 heterocycles. The highest BCUT2D eigenvalue weighted by atomic mass is 16.5. The second-order valence-corrected chi connectivity index (χ2v) is 10.8. The van der Waals surface area contributed by atoms with Crippen molar-refractivity contribution >= 4 is 0 Å². The highest BCUT2D eigenvalue weighted by Crippen LogP contribution is 2.61. The number of aliphatic hydroxyl groups is 2. The lowest BCUT2D eigenvalue weighted by molar-refractivity contribution is -0.114. The number of fused-ring (bicyclic) bond motifs is 1. The van der Waals surface area contributed by atoms with Gasteiger partial charge in [-0.3, -0.25) is 0 Å². The monoisotopic (exact) mass is 416 g/mol. The Balaban J connectivity index is 1.69. The Kier molecular flexibility index (Phi) is 8.40. The molecule has 0 aliphatic heterocycles. The average molecular weight is 417 g/mol. The Labute approximate surface area is 184 Å². The molecule has 2 saturated carbocycles. The van der Waals surface area contributed by atoms with Crippen LogP contribution in [0.3, 0.4) is 0 Å². The highest BCUT2D eigenvalue weighted by molar-refractivity contribution is 5.14. The predicted molar refractivity (Wildman–Crippen MR) is 123 cm³/mol. The molecule has 0 amide bonds. The van der Waals surface area contributed by atoms with E-state index in [2.05, 4.69) is 39.8 Å². The van der Waals surface area contributed by atoms with E-state index in [1.807, 2.05) is 18.2 Å². The van der Waals surface area contributed by atoms with E-state index in [0.717, 1.165) is 31.6 Å². The molecule has 2 N–H and O–H groups in total. The van der Waals surface area contributed by atoms with Crippen LogP contribution in [0.5, 0.6) is 0 Å². The van der Waals surface area contributed by atoms with Gasteiger partial charge in [-0.2, -0.15) is 0 Å². The number of aliphatic hydroxyl groups excluding tert-OH is 2. The van der Waals surface area contributed by atoms with Crippen molar-refractivity contribution in [2.24, 2.45) is 35.0 Å². The lowest BCUT2D eigenvalue weighted by Gasteiger charge is -2.50. The van der Waals surface area contributed by atoms with E-state index in [4.69, 9.17) is 4.74 Å². The summed E-state index contributed by atoms with van der Waals surface area (Å²) < 4.78 is 6.40. The zero-order valence-electron chi connectivity index (χ0n) is 19.6. The van der Waals surface area contributed by atoms with Crippen molar-refractivity contribution in [1.82, 2.24) is 0 Å². The third-order valence-corrected chi connectivity index (χ3v) is 8.32. The van der Waals surface area contributed by atoms with Crippen LogP contribution in [0.2, 0.25) is 0 Å². The van der Waals surface area contributed by atoms with Gasteiger partial charge in [0.15, 0.2) is 0 Å². The van der Waals surface area contributed by atoms with Gasteiger partial charge in [0.2, 0.25) is 0 Å². The molecule has 0 saturated heterocycles. The summed E-state index contributed by atoms with van der Waals surface area (Å²) in [5, 5.41) is 21.0. The summed E-state index contributed by atoms with van der Waals surface area (Å²) in [5.74, 6) is 2.45. The third-order valence-electron chi connectivity index (χ3n) is 8.32. The van der Waals surface area contributed by atoms with Crippen molar-refractivity contribution in [3.05, 3.63) is 35.9 Å². The first-order valence-corrected chi connectivity index (χ1v) is 12.3. The zero-order valence-corrected chi connectivity index (χ0v) is 19.6. The molecule has 0 bridgehead atoms. The molecule has 3 heteroatoms. The van der Waals surface area contributed by atoms with E-state index < -0.39 is 0 Å². The summed E-state index contributed by atoms with van der Waals surface area (Å²) in [6.45, 7) is 10.2. The maximum Gasteiger partial charge on any atom is 0.0720 e. The largest absolute Gasteiger partial charge is 0.396 e. The fourth-order valence-corrected chi connectivity index (χ4v) is 6.82. The van der Waals surface area contributed by atoms with Gasteiger partial charge in [-0.25, -0.2) is 0 Å². The van der Waals surface area contributed by atoms with Crippen LogP contribution in [-0.2, 0) is 11.3 Å². The molecule has 0 unspecified atom stereocenters. The van der Waals surface area contributed by atoms with E-state index in [-0.39, 0.29) is 36.1 Å². The van der Waals surface area contributed by atoms with Crippen LogP contribution < -0.4 is 0 Å². The SMILES string of the molecule is CC(C)CCC[C@@H](C)[C@H]1C[C@H](O)[C@@H]2[C@H](CCO)[C@H](OCc3ccccc3)CC[C@@]21C. The average Bonchev–Trinajstić information content (AvgIpc) is 2.99. The van der Waals surface area contributed by atoms with Crippen LogP contribution >= 0.6 is 0 Å². The van der Waals surface area contributed by atoms with Crippen LogP contribution in [0.4, 0.5) is 0 Å². The fourth-order valence-electron chi connectivity index (χ4n) is 6.82. The number of ether oxygens (including phenoxy) is 1. The van der Waals surface area contributed by atoms with Gasteiger partial charge in [0.05, 0.1) is 18.8 Å². The third kappa shape index (κ3) is 5.29. The molecular weight excluding hydrogens is 372 g/mol. The molecule has 7 atom stereocenters. The molecule has 30 heavy (non-hydrogen) atoms. The smallest absolute Gasteiger partial charge is 0.0720 e. The summed E-state index contributed by atoms with van der Waals surface area (Å²) in [6, 6.07) is 10.3. The second kappa shape index (κ2) is 10.6. The second-order valence-electron chi connectivity index (χ2n) is 10.8. The van der Waals surface area contributed by atoms with E-state index in [1.54, 1.807) is 0 Å². The summed E-state index contributed by atoms with van der Waals surface area (Å²) >= 11 is 0. The van der Waals surface area contributed by atoms with Gasteiger partial charge < -0.3 is 14.9 Å². The molecule has 3 nitrogen and oxygen atoms in total. The van der Waals surface area contributed by atoms with Crippen molar-refractivity contribution in [1.29, 1.82) is 0 Å². The first-order chi connectivity index (χ1) is 14.4.